The van der Waals surface area contributed by atoms with Gasteiger partial charge in [-0.3, -0.25) is 4.72 Å². The molecule has 14 heteroatoms. The number of alkyl halides is 3. The molecule has 0 aliphatic carbocycles. The molecule has 0 atom stereocenters. The Bertz CT molecular complexity index is 1100. The molecule has 0 amide bonds. The topological polar surface area (TPSA) is 146 Å². The number of carboxylic acids is 2. The van der Waals surface area contributed by atoms with Crippen molar-refractivity contribution in [3.8, 4) is 5.75 Å². The summed E-state index contributed by atoms with van der Waals surface area (Å²) < 4.78 is 64.9. The summed E-state index contributed by atoms with van der Waals surface area (Å²) in [6.45, 7) is 5.36. The predicted octanol–water partition coefficient (Wildman–Crippen LogP) is 3.85. The number of anilines is 2. The summed E-state index contributed by atoms with van der Waals surface area (Å²) in [6, 6.07) is 7.23. The van der Waals surface area contributed by atoms with E-state index in [0.717, 1.165) is 12.8 Å². The third-order valence-corrected chi connectivity index (χ3v) is 5.64. The van der Waals surface area contributed by atoms with Crippen molar-refractivity contribution in [2.45, 2.75) is 37.8 Å². The van der Waals surface area contributed by atoms with E-state index in [2.05, 4.69) is 9.71 Å². The first-order valence-electron chi connectivity index (χ1n) is 10.2. The second-order valence-corrected chi connectivity index (χ2v) is 8.65. The zero-order valence-electron chi connectivity index (χ0n) is 19.2. The summed E-state index contributed by atoms with van der Waals surface area (Å²) in [5, 5.41) is 16.4. The van der Waals surface area contributed by atoms with Crippen molar-refractivity contribution in [3.05, 3.63) is 42.1 Å². The minimum Gasteiger partial charge on any atom is -0.497 e. The van der Waals surface area contributed by atoms with Crippen LogP contribution in [0.15, 0.2) is 41.4 Å². The highest BCUT2D eigenvalue weighted by molar-refractivity contribution is 7.92. The third-order valence-electron chi connectivity index (χ3n) is 4.26. The summed E-state index contributed by atoms with van der Waals surface area (Å²) in [7, 11) is -2.44. The van der Waals surface area contributed by atoms with E-state index in [1.54, 1.807) is 12.1 Å². The molecule has 1 aromatic carbocycles. The van der Waals surface area contributed by atoms with Gasteiger partial charge in [-0.25, -0.2) is 23.0 Å². The number of nitrogens with zero attached hydrogens (tertiary/aromatic N) is 2. The van der Waals surface area contributed by atoms with Crippen molar-refractivity contribution in [2.75, 3.05) is 29.8 Å². The molecule has 0 aliphatic rings. The maximum Gasteiger partial charge on any atom is 0.490 e. The average Bonchev–Trinajstić information content (AvgIpc) is 2.78. The fraction of sp³-hybridized carbons (Fsp3) is 0.381. The first-order valence-corrected chi connectivity index (χ1v) is 11.7. The highest BCUT2D eigenvalue weighted by Crippen LogP contribution is 2.28. The molecule has 0 radical (unpaired) electrons. The molecule has 2 rings (SSSR count). The van der Waals surface area contributed by atoms with E-state index < -0.39 is 28.1 Å². The van der Waals surface area contributed by atoms with Gasteiger partial charge in [-0.15, -0.1) is 0 Å². The molecule has 1 heterocycles. The molecule has 0 spiro atoms. The predicted molar refractivity (Wildman–Crippen MR) is 121 cm³/mol. The number of pyridine rings is 1. The van der Waals surface area contributed by atoms with Gasteiger partial charge in [0.05, 0.1) is 23.3 Å². The minimum absolute atomic E-state index is 0.0394. The molecule has 3 N–H and O–H groups in total. The van der Waals surface area contributed by atoms with Crippen LogP contribution in [0.2, 0.25) is 0 Å². The maximum atomic E-state index is 12.8. The first-order chi connectivity index (χ1) is 16.3. The van der Waals surface area contributed by atoms with Crippen molar-refractivity contribution >= 4 is 33.5 Å². The lowest BCUT2D eigenvalue weighted by atomic mass is 10.2. The van der Waals surface area contributed by atoms with E-state index in [0.29, 0.717) is 24.7 Å². The number of hydrogen-bond donors (Lipinski definition) is 3. The van der Waals surface area contributed by atoms with Gasteiger partial charge in [0.2, 0.25) is 0 Å². The van der Waals surface area contributed by atoms with Crippen LogP contribution in [0, 0.1) is 0 Å². The fourth-order valence-electron chi connectivity index (χ4n) is 2.72. The van der Waals surface area contributed by atoms with E-state index in [1.165, 1.54) is 31.5 Å². The van der Waals surface area contributed by atoms with Crippen molar-refractivity contribution in [3.63, 3.8) is 0 Å². The van der Waals surface area contributed by atoms with Gasteiger partial charge in [0.25, 0.3) is 10.0 Å². The lowest BCUT2D eigenvalue weighted by Crippen LogP contribution is -2.28. The number of aliphatic carboxylic acids is 1. The number of nitrogens with one attached hydrogen (secondary N) is 1. The van der Waals surface area contributed by atoms with Crippen LogP contribution in [0.5, 0.6) is 5.75 Å². The molecule has 0 saturated heterocycles. The van der Waals surface area contributed by atoms with Crippen molar-refractivity contribution in [1.29, 1.82) is 0 Å². The summed E-state index contributed by atoms with van der Waals surface area (Å²) in [6.07, 6.45) is -2.17. The smallest absolute Gasteiger partial charge is 0.490 e. The van der Waals surface area contributed by atoms with Crippen LogP contribution in [-0.4, -0.2) is 61.9 Å². The Morgan fingerprint density at radius 2 is 1.60 bits per heavy atom. The van der Waals surface area contributed by atoms with Crippen molar-refractivity contribution in [1.82, 2.24) is 4.98 Å². The number of methoxy groups -OCH3 is 1. The number of aromatic nitrogens is 1. The largest absolute Gasteiger partial charge is 0.497 e. The number of hydrogen-bond acceptors (Lipinski definition) is 7. The second-order valence-electron chi connectivity index (χ2n) is 6.97. The van der Waals surface area contributed by atoms with E-state index in [-0.39, 0.29) is 16.1 Å². The first kappa shape index (κ1) is 29.5. The van der Waals surface area contributed by atoms with Crippen LogP contribution in [-0.2, 0) is 14.8 Å². The SMILES string of the molecule is CCCN(CCC)c1ncc(C(=O)O)cc1NS(=O)(=O)c1ccc(OC)cc1.O=C(O)C(F)(F)F. The molecule has 35 heavy (non-hydrogen) atoms. The molecule has 0 aliphatic heterocycles. The number of aromatic carboxylic acids is 1. The zero-order valence-corrected chi connectivity index (χ0v) is 20.0. The molecule has 0 fully saturated rings. The molecule has 2 aromatic rings. The Labute approximate surface area is 200 Å². The Hall–Kier alpha value is -3.55. The van der Waals surface area contributed by atoms with E-state index >= 15 is 0 Å². The lowest BCUT2D eigenvalue weighted by molar-refractivity contribution is -0.192. The number of carboxylic acid groups (broad SMARTS) is 2. The minimum atomic E-state index is -5.08. The number of sulfonamides is 1. The number of carbonyl (C=O) groups is 2. The van der Waals surface area contributed by atoms with Crippen LogP contribution >= 0.6 is 0 Å². The Kier molecular flexibility index (Phi) is 10.8. The maximum absolute atomic E-state index is 12.8. The number of halogens is 3. The zero-order chi connectivity index (χ0) is 26.8. The Morgan fingerprint density at radius 1 is 1.09 bits per heavy atom. The van der Waals surface area contributed by atoms with Crippen molar-refractivity contribution < 1.29 is 46.1 Å². The second kappa shape index (κ2) is 12.8. The van der Waals surface area contributed by atoms with Gasteiger partial charge in [-0.05, 0) is 43.2 Å². The summed E-state index contributed by atoms with van der Waals surface area (Å²) in [5.41, 5.74) is 0.0433. The molecular weight excluding hydrogens is 495 g/mol. The average molecular weight is 522 g/mol. The molecule has 194 valence electrons. The quantitative estimate of drug-likeness (QED) is 0.424. The summed E-state index contributed by atoms with van der Waals surface area (Å²) in [4.78, 5) is 26.5. The molecule has 0 unspecified atom stereocenters. The van der Waals surface area contributed by atoms with Gasteiger partial charge < -0.3 is 19.8 Å². The Balaban J connectivity index is 0.000000762. The van der Waals surface area contributed by atoms with E-state index in [4.69, 9.17) is 14.6 Å². The van der Waals surface area contributed by atoms with Gasteiger partial charge in [0, 0.05) is 19.3 Å². The van der Waals surface area contributed by atoms with Crippen LogP contribution in [0.3, 0.4) is 0 Å². The van der Waals surface area contributed by atoms with Crippen molar-refractivity contribution in [2.24, 2.45) is 0 Å². The lowest BCUT2D eigenvalue weighted by Gasteiger charge is -2.25. The summed E-state index contributed by atoms with van der Waals surface area (Å²) >= 11 is 0. The molecule has 1 aromatic heterocycles. The van der Waals surface area contributed by atoms with Gasteiger partial charge >= 0.3 is 18.1 Å². The standard InChI is InChI=1S/C19H25N3O5S.C2HF3O2/c1-4-10-22(11-5-2)18-17(12-14(13-20-18)19(23)24)21-28(25,26)16-8-6-15(27-3)7-9-16;3-2(4,5)1(6)7/h6-9,12-13,21H,4-5,10-11H2,1-3H3,(H,23,24);(H,6,7). The van der Waals surface area contributed by atoms with E-state index in [1.807, 2.05) is 18.7 Å². The number of ether oxygens (including phenoxy) is 1. The monoisotopic (exact) mass is 521 g/mol. The van der Waals surface area contributed by atoms with E-state index in [9.17, 15) is 31.5 Å². The van der Waals surface area contributed by atoms with Gasteiger partial charge in [0.1, 0.15) is 5.75 Å². The molecule has 0 bridgehead atoms. The molecule has 10 nitrogen and oxygen atoms in total. The Morgan fingerprint density at radius 3 is 2.00 bits per heavy atom. The highest BCUT2D eigenvalue weighted by Gasteiger charge is 2.38. The number of benzene rings is 1. The third kappa shape index (κ3) is 8.96. The molecular formula is C21H26F3N3O7S. The highest BCUT2D eigenvalue weighted by atomic mass is 32.2. The molecule has 0 saturated carbocycles. The normalized spacial score (nSPS) is 11.1. The number of rotatable bonds is 10. The fourth-order valence-corrected chi connectivity index (χ4v) is 3.78. The van der Waals surface area contributed by atoms with Gasteiger partial charge in [-0.2, -0.15) is 13.2 Å². The van der Waals surface area contributed by atoms with Gasteiger partial charge in [-0.1, -0.05) is 13.8 Å². The van der Waals surface area contributed by atoms with Crippen LogP contribution in [0.1, 0.15) is 37.0 Å². The van der Waals surface area contributed by atoms with Crippen LogP contribution in [0.4, 0.5) is 24.7 Å². The van der Waals surface area contributed by atoms with Crippen LogP contribution < -0.4 is 14.4 Å². The van der Waals surface area contributed by atoms with Gasteiger partial charge in [0.15, 0.2) is 5.82 Å². The summed E-state index contributed by atoms with van der Waals surface area (Å²) in [5.74, 6) is -2.99. The van der Waals surface area contributed by atoms with Crippen LogP contribution in [0.25, 0.3) is 0 Å².